The van der Waals surface area contributed by atoms with E-state index in [9.17, 15) is 18.0 Å². The molecular weight excluding hydrogens is 415 g/mol. The van der Waals surface area contributed by atoms with Crippen LogP contribution in [0.1, 0.15) is 29.3 Å². The minimum absolute atomic E-state index is 0.154. The molecule has 2 aromatic rings. The van der Waals surface area contributed by atoms with Gasteiger partial charge in [0.2, 0.25) is 5.91 Å². The first kappa shape index (κ1) is 21.1. The van der Waals surface area contributed by atoms with Crippen LogP contribution in [0.15, 0.2) is 35.7 Å². The van der Waals surface area contributed by atoms with Crippen molar-refractivity contribution in [3.05, 3.63) is 46.2 Å². The number of thiophene rings is 1. The molecule has 1 aromatic carbocycles. The molecule has 30 heavy (non-hydrogen) atoms. The lowest BCUT2D eigenvalue weighted by molar-refractivity contribution is -0.137. The molecule has 9 heteroatoms. The van der Waals surface area contributed by atoms with E-state index in [2.05, 4.69) is 16.3 Å². The van der Waals surface area contributed by atoms with Crippen LogP contribution in [0.2, 0.25) is 0 Å². The van der Waals surface area contributed by atoms with Crippen LogP contribution in [-0.2, 0) is 15.7 Å². The van der Waals surface area contributed by atoms with Gasteiger partial charge in [0.05, 0.1) is 36.7 Å². The number of benzene rings is 1. The summed E-state index contributed by atoms with van der Waals surface area (Å²) in [5, 5.41) is 4.77. The van der Waals surface area contributed by atoms with E-state index in [-0.39, 0.29) is 24.2 Å². The van der Waals surface area contributed by atoms with Crippen LogP contribution in [-0.4, -0.2) is 50.2 Å². The highest BCUT2D eigenvalue weighted by Crippen LogP contribution is 2.37. The van der Waals surface area contributed by atoms with E-state index in [1.807, 2.05) is 16.3 Å². The van der Waals surface area contributed by atoms with E-state index in [1.54, 1.807) is 11.3 Å². The predicted octanol–water partition coefficient (Wildman–Crippen LogP) is 4.38. The Labute approximate surface area is 177 Å². The van der Waals surface area contributed by atoms with Crippen molar-refractivity contribution >= 4 is 28.6 Å². The first-order valence-corrected chi connectivity index (χ1v) is 10.9. The van der Waals surface area contributed by atoms with Crippen molar-refractivity contribution in [1.29, 1.82) is 0 Å². The summed E-state index contributed by atoms with van der Waals surface area (Å²) in [7, 11) is 0. The second-order valence-corrected chi connectivity index (χ2v) is 8.50. The SMILES string of the molecule is O=C(CN1CCC[C@H]1c1cccs1)Nc1cc(C(F)(F)F)ccc1N1CCOCC1. The number of anilines is 2. The van der Waals surface area contributed by atoms with Crippen LogP contribution >= 0.6 is 11.3 Å². The summed E-state index contributed by atoms with van der Waals surface area (Å²) in [5.74, 6) is -0.299. The first-order chi connectivity index (χ1) is 14.4. The number of hydrogen-bond donors (Lipinski definition) is 1. The molecule has 0 bridgehead atoms. The van der Waals surface area contributed by atoms with E-state index in [0.29, 0.717) is 32.0 Å². The zero-order valence-electron chi connectivity index (χ0n) is 16.5. The largest absolute Gasteiger partial charge is 0.416 e. The van der Waals surface area contributed by atoms with Crippen LogP contribution in [0, 0.1) is 0 Å². The summed E-state index contributed by atoms with van der Waals surface area (Å²) < 4.78 is 45.1. The molecule has 4 rings (SSSR count). The Bertz CT molecular complexity index is 867. The number of carbonyl (C=O) groups is 1. The highest BCUT2D eigenvalue weighted by atomic mass is 32.1. The molecule has 2 aliphatic rings. The van der Waals surface area contributed by atoms with Crippen LogP contribution in [0.25, 0.3) is 0 Å². The van der Waals surface area contributed by atoms with E-state index < -0.39 is 11.7 Å². The van der Waals surface area contributed by atoms with Crippen molar-refractivity contribution in [3.63, 3.8) is 0 Å². The first-order valence-electron chi connectivity index (χ1n) is 10.0. The number of carbonyl (C=O) groups excluding carboxylic acids is 1. The molecule has 0 saturated carbocycles. The Morgan fingerprint density at radius 3 is 2.70 bits per heavy atom. The average molecular weight is 440 g/mol. The average Bonchev–Trinajstić information content (AvgIpc) is 3.39. The molecule has 0 radical (unpaired) electrons. The van der Waals surface area contributed by atoms with Crippen molar-refractivity contribution in [3.8, 4) is 0 Å². The quantitative estimate of drug-likeness (QED) is 0.751. The summed E-state index contributed by atoms with van der Waals surface area (Å²) in [6.07, 6.45) is -2.49. The van der Waals surface area contributed by atoms with Gasteiger partial charge in [-0.05, 0) is 49.0 Å². The lowest BCUT2D eigenvalue weighted by atomic mass is 10.1. The second-order valence-electron chi connectivity index (χ2n) is 7.52. The van der Waals surface area contributed by atoms with Gasteiger partial charge in [0.15, 0.2) is 0 Å². The number of halogens is 3. The van der Waals surface area contributed by atoms with Gasteiger partial charge in [0.1, 0.15) is 0 Å². The Morgan fingerprint density at radius 1 is 1.20 bits per heavy atom. The smallest absolute Gasteiger partial charge is 0.378 e. The van der Waals surface area contributed by atoms with Gasteiger partial charge in [-0.3, -0.25) is 9.69 Å². The molecular formula is C21H24F3N3O2S. The zero-order chi connectivity index (χ0) is 21.1. The molecule has 1 aromatic heterocycles. The lowest BCUT2D eigenvalue weighted by Gasteiger charge is -2.31. The summed E-state index contributed by atoms with van der Waals surface area (Å²) in [6, 6.07) is 7.78. The van der Waals surface area contributed by atoms with Gasteiger partial charge in [-0.15, -0.1) is 11.3 Å². The van der Waals surface area contributed by atoms with Gasteiger partial charge >= 0.3 is 6.18 Å². The Kier molecular flexibility index (Phi) is 6.31. The van der Waals surface area contributed by atoms with Gasteiger partial charge in [-0.1, -0.05) is 6.07 Å². The molecule has 1 N–H and O–H groups in total. The van der Waals surface area contributed by atoms with E-state index in [0.717, 1.165) is 31.5 Å². The number of nitrogens with one attached hydrogen (secondary N) is 1. The number of likely N-dealkylation sites (tertiary alicyclic amines) is 1. The normalized spacial score (nSPS) is 20.5. The lowest BCUT2D eigenvalue weighted by Crippen LogP contribution is -2.37. The number of hydrogen-bond acceptors (Lipinski definition) is 5. The highest BCUT2D eigenvalue weighted by Gasteiger charge is 2.32. The van der Waals surface area contributed by atoms with Crippen molar-refractivity contribution in [2.75, 3.05) is 49.6 Å². The van der Waals surface area contributed by atoms with Gasteiger partial charge in [-0.25, -0.2) is 0 Å². The summed E-state index contributed by atoms with van der Waals surface area (Å²) in [6.45, 7) is 3.10. The number of alkyl halides is 3. The van der Waals surface area contributed by atoms with Gasteiger partial charge in [0, 0.05) is 24.0 Å². The molecule has 1 atom stereocenters. The second kappa shape index (κ2) is 8.95. The molecule has 162 valence electrons. The third kappa shape index (κ3) is 4.79. The molecule has 0 spiro atoms. The van der Waals surface area contributed by atoms with Gasteiger partial charge in [-0.2, -0.15) is 13.2 Å². The Balaban J connectivity index is 1.52. The maximum atomic E-state index is 13.3. The molecule has 5 nitrogen and oxygen atoms in total. The Hall–Kier alpha value is -2.10. The van der Waals surface area contributed by atoms with Crippen LogP contribution in [0.4, 0.5) is 24.5 Å². The molecule has 2 aliphatic heterocycles. The van der Waals surface area contributed by atoms with Crippen molar-refractivity contribution in [2.24, 2.45) is 0 Å². The number of morpholine rings is 1. The standard InChI is InChI=1S/C21H24F3N3O2S/c22-21(23,24)15-5-6-17(26-8-10-29-11-9-26)16(13-15)25-20(28)14-27-7-1-3-18(27)19-4-2-12-30-19/h2,4-6,12-13,18H,1,3,7-11,14H2,(H,25,28)/t18-/m0/s1. The van der Waals surface area contributed by atoms with Crippen LogP contribution in [0.3, 0.4) is 0 Å². The zero-order valence-corrected chi connectivity index (χ0v) is 17.3. The van der Waals surface area contributed by atoms with E-state index in [4.69, 9.17) is 4.74 Å². The molecule has 0 aliphatic carbocycles. The fourth-order valence-electron chi connectivity index (χ4n) is 4.09. The number of nitrogens with zero attached hydrogens (tertiary/aromatic N) is 2. The Morgan fingerprint density at radius 2 is 2.00 bits per heavy atom. The van der Waals surface area contributed by atoms with E-state index in [1.165, 1.54) is 10.9 Å². The summed E-state index contributed by atoms with van der Waals surface area (Å²) in [5.41, 5.74) is 0.0203. The van der Waals surface area contributed by atoms with E-state index >= 15 is 0 Å². The monoisotopic (exact) mass is 439 g/mol. The van der Waals surface area contributed by atoms with Crippen molar-refractivity contribution < 1.29 is 22.7 Å². The highest BCUT2D eigenvalue weighted by molar-refractivity contribution is 7.10. The van der Waals surface area contributed by atoms with Crippen molar-refractivity contribution in [1.82, 2.24) is 4.90 Å². The topological polar surface area (TPSA) is 44.8 Å². The third-order valence-electron chi connectivity index (χ3n) is 5.53. The molecule has 3 heterocycles. The maximum absolute atomic E-state index is 13.3. The molecule has 2 saturated heterocycles. The van der Waals surface area contributed by atoms with Crippen LogP contribution < -0.4 is 10.2 Å². The van der Waals surface area contributed by atoms with Gasteiger partial charge < -0.3 is 15.0 Å². The fraction of sp³-hybridized carbons (Fsp3) is 0.476. The van der Waals surface area contributed by atoms with Crippen molar-refractivity contribution in [2.45, 2.75) is 25.1 Å². The number of amides is 1. The summed E-state index contributed by atoms with van der Waals surface area (Å²) >= 11 is 1.66. The minimum Gasteiger partial charge on any atom is -0.378 e. The molecule has 2 fully saturated rings. The predicted molar refractivity (Wildman–Crippen MR) is 111 cm³/mol. The fourth-order valence-corrected chi connectivity index (χ4v) is 4.98. The maximum Gasteiger partial charge on any atom is 0.416 e. The summed E-state index contributed by atoms with van der Waals surface area (Å²) in [4.78, 5) is 18.1. The molecule has 0 unspecified atom stereocenters. The number of rotatable bonds is 5. The van der Waals surface area contributed by atoms with Gasteiger partial charge in [0.25, 0.3) is 0 Å². The molecule has 1 amide bonds. The third-order valence-corrected chi connectivity index (χ3v) is 6.51. The number of ether oxygens (including phenoxy) is 1. The van der Waals surface area contributed by atoms with Crippen LogP contribution in [0.5, 0.6) is 0 Å². The minimum atomic E-state index is -4.47.